The van der Waals surface area contributed by atoms with Gasteiger partial charge in [0.15, 0.2) is 0 Å². The van der Waals surface area contributed by atoms with Crippen LogP contribution in [0.25, 0.3) is 0 Å². The fraction of sp³-hybridized carbons (Fsp3) is 0.300. The third-order valence-corrected chi connectivity index (χ3v) is 4.72. The number of benzene rings is 2. The maximum atomic E-state index is 12.3. The van der Waals surface area contributed by atoms with Crippen molar-refractivity contribution in [3.05, 3.63) is 53.6 Å². The Kier molecular flexibility index (Phi) is 6.12. The van der Waals surface area contributed by atoms with Gasteiger partial charge in [0.2, 0.25) is 5.91 Å². The van der Waals surface area contributed by atoms with Gasteiger partial charge >= 0.3 is 6.03 Å². The number of rotatable bonds is 4. The first-order valence-electron chi connectivity index (χ1n) is 8.85. The van der Waals surface area contributed by atoms with E-state index in [0.29, 0.717) is 22.1 Å². The Labute approximate surface area is 158 Å². The molecule has 1 saturated carbocycles. The van der Waals surface area contributed by atoms with Crippen molar-refractivity contribution in [2.24, 2.45) is 5.92 Å². The summed E-state index contributed by atoms with van der Waals surface area (Å²) >= 11 is 5.83. The lowest BCUT2D eigenvalue weighted by molar-refractivity contribution is -0.120. The fourth-order valence-electron chi connectivity index (χ4n) is 3.11. The number of carbonyl (C=O) groups excluding carboxylic acids is 2. The number of hydrogen-bond donors (Lipinski definition) is 3. The summed E-state index contributed by atoms with van der Waals surface area (Å²) in [6.45, 7) is 0. The number of anilines is 3. The van der Waals surface area contributed by atoms with Gasteiger partial charge in [-0.25, -0.2) is 4.79 Å². The third-order valence-electron chi connectivity index (χ3n) is 4.47. The van der Waals surface area contributed by atoms with Gasteiger partial charge in [-0.2, -0.15) is 0 Å². The normalized spacial score (nSPS) is 14.5. The topological polar surface area (TPSA) is 70.2 Å². The minimum absolute atomic E-state index is 0.0625. The molecule has 136 valence electrons. The van der Waals surface area contributed by atoms with Crippen LogP contribution in [0.2, 0.25) is 5.02 Å². The van der Waals surface area contributed by atoms with Crippen LogP contribution in [-0.4, -0.2) is 11.9 Å². The highest BCUT2D eigenvalue weighted by Gasteiger charge is 2.21. The molecule has 2 aromatic rings. The van der Waals surface area contributed by atoms with E-state index < -0.39 is 0 Å². The van der Waals surface area contributed by atoms with E-state index in [2.05, 4.69) is 16.0 Å². The van der Waals surface area contributed by atoms with Gasteiger partial charge in [0, 0.05) is 28.0 Å². The number of hydrogen-bond acceptors (Lipinski definition) is 2. The van der Waals surface area contributed by atoms with E-state index in [9.17, 15) is 9.59 Å². The second-order valence-electron chi connectivity index (χ2n) is 6.49. The van der Waals surface area contributed by atoms with Gasteiger partial charge in [-0.3, -0.25) is 4.79 Å². The summed E-state index contributed by atoms with van der Waals surface area (Å²) in [5.74, 6) is 0.154. The Bertz CT molecular complexity index is 771. The standard InChI is InChI=1S/C20H22ClN3O2/c21-15-9-11-16(12-10-15)23-20(26)24-18-8-4-7-17(13-18)22-19(25)14-5-2-1-3-6-14/h4,7-14H,1-3,5-6H2,(H,22,25)(H2,23,24,26). The van der Waals surface area contributed by atoms with Crippen LogP contribution in [0.15, 0.2) is 48.5 Å². The summed E-state index contributed by atoms with van der Waals surface area (Å²) in [6, 6.07) is 13.7. The molecule has 0 aromatic heterocycles. The molecule has 0 atom stereocenters. The number of carbonyl (C=O) groups is 2. The molecule has 2 aromatic carbocycles. The van der Waals surface area contributed by atoms with Gasteiger partial charge in [0.05, 0.1) is 0 Å². The molecule has 0 radical (unpaired) electrons. The molecule has 0 unspecified atom stereocenters. The van der Waals surface area contributed by atoms with Crippen molar-refractivity contribution in [3.63, 3.8) is 0 Å². The van der Waals surface area contributed by atoms with E-state index in [0.717, 1.165) is 25.7 Å². The monoisotopic (exact) mass is 371 g/mol. The highest BCUT2D eigenvalue weighted by molar-refractivity contribution is 6.30. The Balaban J connectivity index is 1.57. The fourth-order valence-corrected chi connectivity index (χ4v) is 3.24. The minimum atomic E-state index is -0.358. The van der Waals surface area contributed by atoms with Crippen LogP contribution in [0.1, 0.15) is 32.1 Å². The zero-order valence-corrected chi connectivity index (χ0v) is 15.2. The van der Waals surface area contributed by atoms with Crippen molar-refractivity contribution in [1.29, 1.82) is 0 Å². The first kappa shape index (κ1) is 18.3. The largest absolute Gasteiger partial charge is 0.326 e. The summed E-state index contributed by atoms with van der Waals surface area (Å²) < 4.78 is 0. The van der Waals surface area contributed by atoms with Gasteiger partial charge in [0.1, 0.15) is 0 Å². The van der Waals surface area contributed by atoms with E-state index in [4.69, 9.17) is 11.6 Å². The first-order chi connectivity index (χ1) is 12.6. The zero-order chi connectivity index (χ0) is 18.4. The summed E-state index contributed by atoms with van der Waals surface area (Å²) in [6.07, 6.45) is 5.35. The highest BCUT2D eigenvalue weighted by Crippen LogP contribution is 2.25. The molecule has 0 aliphatic heterocycles. The van der Waals surface area contributed by atoms with Crippen LogP contribution in [0.5, 0.6) is 0 Å². The molecule has 0 bridgehead atoms. The second-order valence-corrected chi connectivity index (χ2v) is 6.93. The van der Waals surface area contributed by atoms with E-state index in [-0.39, 0.29) is 17.9 Å². The highest BCUT2D eigenvalue weighted by atomic mass is 35.5. The molecule has 1 aliphatic carbocycles. The summed E-state index contributed by atoms with van der Waals surface area (Å²) in [7, 11) is 0. The molecule has 1 aliphatic rings. The lowest BCUT2D eigenvalue weighted by Crippen LogP contribution is -2.24. The third kappa shape index (κ3) is 5.23. The SMILES string of the molecule is O=C(Nc1ccc(Cl)cc1)Nc1cccc(NC(=O)C2CCCCC2)c1. The molecule has 26 heavy (non-hydrogen) atoms. The van der Waals surface area contributed by atoms with E-state index in [1.807, 2.05) is 6.07 Å². The summed E-state index contributed by atoms with van der Waals surface area (Å²) in [5.41, 5.74) is 1.94. The van der Waals surface area contributed by atoms with Crippen molar-refractivity contribution < 1.29 is 9.59 Å². The molecular weight excluding hydrogens is 350 g/mol. The average molecular weight is 372 g/mol. The van der Waals surface area contributed by atoms with Crippen molar-refractivity contribution in [1.82, 2.24) is 0 Å². The van der Waals surface area contributed by atoms with Gasteiger partial charge < -0.3 is 16.0 Å². The van der Waals surface area contributed by atoms with Gasteiger partial charge in [-0.15, -0.1) is 0 Å². The maximum absolute atomic E-state index is 12.3. The Hall–Kier alpha value is -2.53. The van der Waals surface area contributed by atoms with Crippen molar-refractivity contribution in [2.75, 3.05) is 16.0 Å². The van der Waals surface area contributed by atoms with E-state index in [1.54, 1.807) is 42.5 Å². The van der Waals surface area contributed by atoms with Crippen LogP contribution >= 0.6 is 11.6 Å². The number of urea groups is 1. The molecule has 0 spiro atoms. The lowest BCUT2D eigenvalue weighted by Gasteiger charge is -2.20. The quantitative estimate of drug-likeness (QED) is 0.663. The van der Waals surface area contributed by atoms with Crippen LogP contribution < -0.4 is 16.0 Å². The molecule has 3 amide bonds. The predicted octanol–water partition coefficient (Wildman–Crippen LogP) is 5.50. The maximum Gasteiger partial charge on any atom is 0.323 e. The van der Waals surface area contributed by atoms with Crippen LogP contribution in [0, 0.1) is 5.92 Å². The predicted molar refractivity (Wildman–Crippen MR) is 106 cm³/mol. The Morgan fingerprint density at radius 2 is 1.42 bits per heavy atom. The summed E-state index contributed by atoms with van der Waals surface area (Å²) in [5, 5.41) is 9.06. The van der Waals surface area contributed by atoms with Crippen LogP contribution in [0.3, 0.4) is 0 Å². The van der Waals surface area contributed by atoms with Gasteiger partial charge in [-0.1, -0.05) is 36.9 Å². The van der Waals surface area contributed by atoms with Crippen LogP contribution in [-0.2, 0) is 4.79 Å². The Morgan fingerprint density at radius 3 is 2.12 bits per heavy atom. The summed E-state index contributed by atoms with van der Waals surface area (Å²) in [4.78, 5) is 24.5. The van der Waals surface area contributed by atoms with Gasteiger partial charge in [0.25, 0.3) is 0 Å². The average Bonchev–Trinajstić information content (AvgIpc) is 2.64. The lowest BCUT2D eigenvalue weighted by atomic mass is 9.88. The van der Waals surface area contributed by atoms with Crippen molar-refractivity contribution in [3.8, 4) is 0 Å². The van der Waals surface area contributed by atoms with E-state index >= 15 is 0 Å². The van der Waals surface area contributed by atoms with Gasteiger partial charge in [-0.05, 0) is 55.3 Å². The van der Waals surface area contributed by atoms with Crippen molar-refractivity contribution in [2.45, 2.75) is 32.1 Å². The minimum Gasteiger partial charge on any atom is -0.326 e. The zero-order valence-electron chi connectivity index (χ0n) is 14.4. The smallest absolute Gasteiger partial charge is 0.323 e. The molecule has 1 fully saturated rings. The van der Waals surface area contributed by atoms with Crippen molar-refractivity contribution >= 4 is 40.6 Å². The molecule has 0 heterocycles. The molecule has 5 nitrogen and oxygen atoms in total. The number of amides is 3. The molecule has 0 saturated heterocycles. The molecule has 6 heteroatoms. The number of halogens is 1. The van der Waals surface area contributed by atoms with E-state index in [1.165, 1.54) is 6.42 Å². The Morgan fingerprint density at radius 1 is 0.808 bits per heavy atom. The molecule has 3 N–H and O–H groups in total. The van der Waals surface area contributed by atoms with Crippen LogP contribution in [0.4, 0.5) is 21.9 Å². The molecular formula is C20H22ClN3O2. The second kappa shape index (κ2) is 8.72. The number of nitrogens with one attached hydrogen (secondary N) is 3. The molecule has 3 rings (SSSR count). The first-order valence-corrected chi connectivity index (χ1v) is 9.22.